The summed E-state index contributed by atoms with van der Waals surface area (Å²) in [6, 6.07) is 30.4. The van der Waals surface area contributed by atoms with Gasteiger partial charge >= 0.3 is 0 Å². The molecule has 2 unspecified atom stereocenters. The third kappa shape index (κ3) is 8.18. The Labute approximate surface area is 228 Å². The van der Waals surface area contributed by atoms with Gasteiger partial charge in [0.1, 0.15) is 0 Å². The molecule has 2 nitrogen and oxygen atoms in total. The van der Waals surface area contributed by atoms with Crippen molar-refractivity contribution in [2.75, 3.05) is 0 Å². The predicted octanol–water partition coefficient (Wildman–Crippen LogP) is 9.14. The van der Waals surface area contributed by atoms with Gasteiger partial charge in [-0.15, -0.1) is 12.4 Å². The van der Waals surface area contributed by atoms with E-state index in [0.717, 1.165) is 22.3 Å². The molecule has 0 bridgehead atoms. The van der Waals surface area contributed by atoms with E-state index < -0.39 is 0 Å². The molecule has 180 valence electrons. The van der Waals surface area contributed by atoms with Crippen LogP contribution in [0, 0.1) is 0 Å². The number of hydrogen-bond donors (Lipinski definition) is 2. The molecule has 7 heteroatoms. The van der Waals surface area contributed by atoms with Crippen molar-refractivity contribution in [2.24, 2.45) is 11.5 Å². The average Bonchev–Trinajstić information content (AvgIpc) is 2.83. The number of benzene rings is 4. The summed E-state index contributed by atoms with van der Waals surface area (Å²) >= 11 is 23.6. The molecule has 34 heavy (non-hydrogen) atoms. The van der Waals surface area contributed by atoms with Crippen molar-refractivity contribution >= 4 is 58.8 Å². The van der Waals surface area contributed by atoms with E-state index in [1.54, 1.807) is 12.1 Å². The number of rotatable bonds is 4. The fourth-order valence-electron chi connectivity index (χ4n) is 3.12. The molecule has 0 saturated heterocycles. The van der Waals surface area contributed by atoms with Crippen LogP contribution in [0.25, 0.3) is 0 Å². The molecule has 4 aromatic rings. The van der Waals surface area contributed by atoms with Crippen molar-refractivity contribution in [1.29, 1.82) is 0 Å². The molecule has 0 aliphatic carbocycles. The van der Waals surface area contributed by atoms with Gasteiger partial charge in [0.05, 0.1) is 32.2 Å². The summed E-state index contributed by atoms with van der Waals surface area (Å²) in [7, 11) is 0. The lowest BCUT2D eigenvalue weighted by atomic mass is 10.00. The maximum absolute atomic E-state index is 6.13. The van der Waals surface area contributed by atoms with Crippen LogP contribution >= 0.6 is 58.8 Å². The molecular formula is C27H27Cl5N2. The monoisotopic (exact) mass is 554 g/mol. The summed E-state index contributed by atoms with van der Waals surface area (Å²) in [6.45, 7) is 0. The molecule has 2 atom stereocenters. The lowest BCUT2D eigenvalue weighted by Gasteiger charge is -2.13. The summed E-state index contributed by atoms with van der Waals surface area (Å²) in [5.74, 6) is 0. The molecule has 0 fully saturated rings. The Bertz CT molecular complexity index is 1060. The molecule has 0 aliphatic rings. The number of hydrogen-bond acceptors (Lipinski definition) is 2. The van der Waals surface area contributed by atoms with Gasteiger partial charge in [0.2, 0.25) is 0 Å². The van der Waals surface area contributed by atoms with Crippen LogP contribution in [-0.2, 0) is 0 Å². The summed E-state index contributed by atoms with van der Waals surface area (Å²) in [5, 5.41) is 2.16. The fourth-order valence-corrected chi connectivity index (χ4v) is 3.73. The highest BCUT2D eigenvalue weighted by atomic mass is 35.5. The molecule has 0 aliphatic heterocycles. The van der Waals surface area contributed by atoms with Crippen LogP contribution in [0.2, 0.25) is 20.1 Å². The highest BCUT2D eigenvalue weighted by Gasteiger charge is 2.10. The van der Waals surface area contributed by atoms with Crippen LogP contribution in [0.15, 0.2) is 97.1 Å². The van der Waals surface area contributed by atoms with Crippen LogP contribution in [0.5, 0.6) is 0 Å². The van der Waals surface area contributed by atoms with Crippen LogP contribution in [0.3, 0.4) is 0 Å². The Kier molecular flexibility index (Phi) is 13.0. The van der Waals surface area contributed by atoms with Crippen molar-refractivity contribution in [1.82, 2.24) is 0 Å². The van der Waals surface area contributed by atoms with Crippen molar-refractivity contribution in [3.05, 3.63) is 139 Å². The molecular weight excluding hydrogens is 530 g/mol. The first-order chi connectivity index (χ1) is 15.4. The zero-order valence-electron chi connectivity index (χ0n) is 17.5. The summed E-state index contributed by atoms with van der Waals surface area (Å²) in [5.41, 5.74) is 16.3. The second kappa shape index (κ2) is 14.6. The van der Waals surface area contributed by atoms with Gasteiger partial charge in [0.25, 0.3) is 0 Å². The van der Waals surface area contributed by atoms with E-state index in [-0.39, 0.29) is 31.9 Å². The Morgan fingerprint density at radius 2 is 0.765 bits per heavy atom. The van der Waals surface area contributed by atoms with Crippen molar-refractivity contribution < 1.29 is 0 Å². The highest BCUT2D eigenvalue weighted by molar-refractivity contribution is 6.42. The quantitative estimate of drug-likeness (QED) is 0.263. The molecule has 4 N–H and O–H groups in total. The first-order valence-corrected chi connectivity index (χ1v) is 11.4. The van der Waals surface area contributed by atoms with Crippen LogP contribution in [0.4, 0.5) is 0 Å². The standard InChI is InChI=1S/2C13H11Cl2N.CH4.ClH/c2*14-11-7-6-10(8-12(11)15)13(16)9-4-2-1-3-5-9;;/h2*1-8,13H,16H2;1H4;1H. The molecule has 0 heterocycles. The predicted molar refractivity (Wildman–Crippen MR) is 152 cm³/mol. The van der Waals surface area contributed by atoms with Crippen LogP contribution in [0.1, 0.15) is 41.8 Å². The van der Waals surface area contributed by atoms with Gasteiger partial charge in [-0.3, -0.25) is 0 Å². The van der Waals surface area contributed by atoms with Gasteiger partial charge in [0.15, 0.2) is 0 Å². The van der Waals surface area contributed by atoms with Gasteiger partial charge in [-0.1, -0.05) is 127 Å². The van der Waals surface area contributed by atoms with Crippen LogP contribution in [-0.4, -0.2) is 0 Å². The number of nitrogens with two attached hydrogens (primary N) is 2. The molecule has 4 aromatic carbocycles. The lowest BCUT2D eigenvalue weighted by Crippen LogP contribution is -2.11. The molecule has 0 radical (unpaired) electrons. The van der Waals surface area contributed by atoms with Gasteiger partial charge in [0, 0.05) is 0 Å². The molecule has 0 amide bonds. The number of halogens is 5. The lowest BCUT2D eigenvalue weighted by molar-refractivity contribution is 0.872. The van der Waals surface area contributed by atoms with Gasteiger partial charge in [-0.2, -0.15) is 0 Å². The zero-order valence-corrected chi connectivity index (χ0v) is 21.3. The third-order valence-electron chi connectivity index (χ3n) is 4.92. The van der Waals surface area contributed by atoms with E-state index in [0.29, 0.717) is 20.1 Å². The molecule has 4 rings (SSSR count). The first kappa shape index (κ1) is 30.3. The zero-order chi connectivity index (χ0) is 23.1. The molecule has 0 saturated carbocycles. The van der Waals surface area contributed by atoms with E-state index in [2.05, 4.69) is 0 Å². The summed E-state index contributed by atoms with van der Waals surface area (Å²) in [6.07, 6.45) is 0. The fraction of sp³-hybridized carbons (Fsp3) is 0.111. The van der Waals surface area contributed by atoms with Crippen LogP contribution < -0.4 is 11.5 Å². The first-order valence-electron chi connectivity index (χ1n) is 9.87. The summed E-state index contributed by atoms with van der Waals surface area (Å²) in [4.78, 5) is 0. The van der Waals surface area contributed by atoms with Crippen molar-refractivity contribution in [2.45, 2.75) is 19.5 Å². The van der Waals surface area contributed by atoms with Gasteiger partial charge in [-0.25, -0.2) is 0 Å². The SMILES string of the molecule is C.Cl.NC(c1ccccc1)c1ccc(Cl)c(Cl)c1.NC(c1ccccc1)c1ccc(Cl)c(Cl)c1. The molecule has 0 aromatic heterocycles. The summed E-state index contributed by atoms with van der Waals surface area (Å²) < 4.78 is 0. The minimum atomic E-state index is -0.170. The van der Waals surface area contributed by atoms with E-state index in [4.69, 9.17) is 57.9 Å². The maximum atomic E-state index is 6.13. The van der Waals surface area contributed by atoms with E-state index in [1.165, 1.54) is 0 Å². The minimum absolute atomic E-state index is 0. The minimum Gasteiger partial charge on any atom is -0.320 e. The van der Waals surface area contributed by atoms with Crippen molar-refractivity contribution in [3.63, 3.8) is 0 Å². The largest absolute Gasteiger partial charge is 0.320 e. The van der Waals surface area contributed by atoms with Gasteiger partial charge < -0.3 is 11.5 Å². The molecule has 0 spiro atoms. The van der Waals surface area contributed by atoms with Gasteiger partial charge in [-0.05, 0) is 46.5 Å². The Morgan fingerprint density at radius 3 is 1.06 bits per heavy atom. The second-order valence-corrected chi connectivity index (χ2v) is 8.75. The smallest absolute Gasteiger partial charge is 0.0595 e. The van der Waals surface area contributed by atoms with Crippen molar-refractivity contribution in [3.8, 4) is 0 Å². The maximum Gasteiger partial charge on any atom is 0.0595 e. The van der Waals surface area contributed by atoms with E-state index in [1.807, 2.05) is 84.9 Å². The Hall–Kier alpha value is -1.75. The second-order valence-electron chi connectivity index (χ2n) is 7.12. The topological polar surface area (TPSA) is 52.0 Å². The Balaban J connectivity index is 0.000000321. The normalized spacial score (nSPS) is 11.7. The highest BCUT2D eigenvalue weighted by Crippen LogP contribution is 2.28. The average molecular weight is 557 g/mol. The van der Waals surface area contributed by atoms with E-state index in [9.17, 15) is 0 Å². The third-order valence-corrected chi connectivity index (χ3v) is 6.40. The Morgan fingerprint density at radius 1 is 0.441 bits per heavy atom. The van der Waals surface area contributed by atoms with E-state index >= 15 is 0 Å².